The molecule has 5 nitrogen and oxygen atoms in total. The van der Waals surface area contributed by atoms with Crippen LogP contribution in [0.4, 0.5) is 4.79 Å². The summed E-state index contributed by atoms with van der Waals surface area (Å²) < 4.78 is 5.29. The molecule has 0 aromatic heterocycles. The van der Waals surface area contributed by atoms with Crippen LogP contribution in [0.1, 0.15) is 33.6 Å². The smallest absolute Gasteiger partial charge is 0.410 e. The van der Waals surface area contributed by atoms with Crippen molar-refractivity contribution in [2.75, 3.05) is 13.1 Å². The minimum atomic E-state index is -0.430. The first-order chi connectivity index (χ1) is 6.92. The molecule has 1 saturated heterocycles. The van der Waals surface area contributed by atoms with E-state index in [1.807, 2.05) is 20.8 Å². The Morgan fingerprint density at radius 1 is 1.50 bits per heavy atom. The number of rotatable bonds is 1. The fourth-order valence-electron chi connectivity index (χ4n) is 1.61. The minimum absolute atomic E-state index is 0. The van der Waals surface area contributed by atoms with Gasteiger partial charge in [-0.3, -0.25) is 11.3 Å². The molecule has 3 N–H and O–H groups in total. The minimum Gasteiger partial charge on any atom is -0.444 e. The molecule has 1 rings (SSSR count). The van der Waals surface area contributed by atoms with Gasteiger partial charge in [0.05, 0.1) is 0 Å². The van der Waals surface area contributed by atoms with Gasteiger partial charge >= 0.3 is 6.09 Å². The molecular formula is C10H22ClN3O2. The van der Waals surface area contributed by atoms with Gasteiger partial charge in [-0.25, -0.2) is 4.79 Å². The second-order valence-electron chi connectivity index (χ2n) is 4.93. The van der Waals surface area contributed by atoms with Crippen LogP contribution < -0.4 is 11.3 Å². The van der Waals surface area contributed by atoms with E-state index >= 15 is 0 Å². The van der Waals surface area contributed by atoms with Crippen molar-refractivity contribution in [1.29, 1.82) is 0 Å². The van der Waals surface area contributed by atoms with Crippen LogP contribution in [-0.2, 0) is 4.74 Å². The molecule has 0 radical (unpaired) electrons. The molecule has 16 heavy (non-hydrogen) atoms. The number of nitrogens with two attached hydrogens (primary N) is 1. The predicted octanol–water partition coefficient (Wildman–Crippen LogP) is 1.27. The van der Waals surface area contributed by atoms with Crippen molar-refractivity contribution < 1.29 is 9.53 Å². The number of nitrogens with one attached hydrogen (secondary N) is 1. The number of carbonyl (C=O) groups excluding carboxylic acids is 1. The SMILES string of the molecule is CC(C)(C)OC(=O)N1CCCC(NN)C1.Cl. The maximum Gasteiger partial charge on any atom is 0.410 e. The molecule has 0 aromatic rings. The highest BCUT2D eigenvalue weighted by molar-refractivity contribution is 5.85. The molecule has 96 valence electrons. The average Bonchev–Trinajstić information content (AvgIpc) is 2.15. The van der Waals surface area contributed by atoms with Gasteiger partial charge in [-0.1, -0.05) is 0 Å². The zero-order chi connectivity index (χ0) is 11.5. The van der Waals surface area contributed by atoms with Crippen LogP contribution in [0.3, 0.4) is 0 Å². The Morgan fingerprint density at radius 2 is 2.12 bits per heavy atom. The quantitative estimate of drug-likeness (QED) is 0.544. The van der Waals surface area contributed by atoms with Crippen LogP contribution in [0.5, 0.6) is 0 Å². The Balaban J connectivity index is 0.00000225. The second-order valence-corrected chi connectivity index (χ2v) is 4.93. The third kappa shape index (κ3) is 5.01. The average molecular weight is 252 g/mol. The molecule has 0 aliphatic carbocycles. The lowest BCUT2D eigenvalue weighted by Crippen LogP contribution is -2.51. The van der Waals surface area contributed by atoms with Gasteiger partial charge in [0.2, 0.25) is 0 Å². The lowest BCUT2D eigenvalue weighted by Gasteiger charge is -2.33. The summed E-state index contributed by atoms with van der Waals surface area (Å²) in [6, 6.07) is 0.186. The normalized spacial score (nSPS) is 21.2. The third-order valence-corrected chi connectivity index (χ3v) is 2.31. The van der Waals surface area contributed by atoms with Crippen molar-refractivity contribution in [3.63, 3.8) is 0 Å². The summed E-state index contributed by atoms with van der Waals surface area (Å²) in [6.45, 7) is 6.99. The topological polar surface area (TPSA) is 67.6 Å². The van der Waals surface area contributed by atoms with Gasteiger partial charge < -0.3 is 9.64 Å². The van der Waals surface area contributed by atoms with Gasteiger partial charge in [-0.05, 0) is 33.6 Å². The zero-order valence-electron chi connectivity index (χ0n) is 10.2. The molecule has 0 aromatic carbocycles. The number of likely N-dealkylation sites (tertiary alicyclic amines) is 1. The Morgan fingerprint density at radius 3 is 2.62 bits per heavy atom. The van der Waals surface area contributed by atoms with Crippen molar-refractivity contribution in [2.24, 2.45) is 5.84 Å². The van der Waals surface area contributed by atoms with Crippen LogP contribution >= 0.6 is 12.4 Å². The van der Waals surface area contributed by atoms with Crippen LogP contribution in [0.25, 0.3) is 0 Å². The van der Waals surface area contributed by atoms with Crippen LogP contribution in [0, 0.1) is 0 Å². The largest absolute Gasteiger partial charge is 0.444 e. The monoisotopic (exact) mass is 251 g/mol. The Bertz CT molecular complexity index is 231. The predicted molar refractivity (Wildman–Crippen MR) is 65.4 cm³/mol. The Hall–Kier alpha value is -0.520. The van der Waals surface area contributed by atoms with Crippen molar-refractivity contribution >= 4 is 18.5 Å². The number of hydrazine groups is 1. The number of nitrogens with zero attached hydrogens (tertiary/aromatic N) is 1. The van der Waals surface area contributed by atoms with Crippen molar-refractivity contribution in [3.8, 4) is 0 Å². The number of hydrogen-bond donors (Lipinski definition) is 2. The number of amides is 1. The molecule has 6 heteroatoms. The third-order valence-electron chi connectivity index (χ3n) is 2.31. The lowest BCUT2D eigenvalue weighted by molar-refractivity contribution is 0.0188. The molecule has 1 aliphatic heterocycles. The molecule has 1 amide bonds. The van der Waals surface area contributed by atoms with Gasteiger partial charge in [-0.2, -0.15) is 0 Å². The highest BCUT2D eigenvalue weighted by Gasteiger charge is 2.26. The Labute approximate surface area is 103 Å². The summed E-state index contributed by atoms with van der Waals surface area (Å²) in [5.41, 5.74) is 2.27. The van der Waals surface area contributed by atoms with E-state index in [1.165, 1.54) is 0 Å². The fourth-order valence-corrected chi connectivity index (χ4v) is 1.61. The molecule has 1 unspecified atom stereocenters. The summed E-state index contributed by atoms with van der Waals surface area (Å²) >= 11 is 0. The van der Waals surface area contributed by atoms with Crippen LogP contribution in [0.2, 0.25) is 0 Å². The van der Waals surface area contributed by atoms with Gasteiger partial charge in [0.1, 0.15) is 5.60 Å². The van der Waals surface area contributed by atoms with E-state index in [4.69, 9.17) is 10.6 Å². The van der Waals surface area contributed by atoms with E-state index < -0.39 is 5.60 Å². The zero-order valence-corrected chi connectivity index (χ0v) is 11.0. The summed E-state index contributed by atoms with van der Waals surface area (Å²) in [7, 11) is 0. The standard InChI is InChI=1S/C10H21N3O2.ClH/c1-10(2,3)15-9(14)13-6-4-5-8(7-13)12-11;/h8,12H,4-7,11H2,1-3H3;1H. The molecule has 0 saturated carbocycles. The lowest BCUT2D eigenvalue weighted by atomic mass is 10.1. The fraction of sp³-hybridized carbons (Fsp3) is 0.900. The number of halogens is 1. The van der Waals surface area contributed by atoms with E-state index in [0.717, 1.165) is 19.4 Å². The highest BCUT2D eigenvalue weighted by Crippen LogP contribution is 2.14. The second kappa shape index (κ2) is 6.27. The molecule has 1 fully saturated rings. The van der Waals surface area contributed by atoms with Gasteiger partial charge in [0.15, 0.2) is 0 Å². The van der Waals surface area contributed by atoms with Gasteiger partial charge in [0.25, 0.3) is 0 Å². The molecule has 1 aliphatic rings. The maximum atomic E-state index is 11.7. The summed E-state index contributed by atoms with van der Waals surface area (Å²) in [4.78, 5) is 13.4. The van der Waals surface area contributed by atoms with E-state index in [-0.39, 0.29) is 24.5 Å². The molecule has 1 heterocycles. The van der Waals surface area contributed by atoms with Crippen LogP contribution in [-0.4, -0.2) is 35.7 Å². The molecular weight excluding hydrogens is 230 g/mol. The first kappa shape index (κ1) is 15.5. The van der Waals surface area contributed by atoms with E-state index in [1.54, 1.807) is 4.90 Å². The van der Waals surface area contributed by atoms with Crippen molar-refractivity contribution in [1.82, 2.24) is 10.3 Å². The first-order valence-electron chi connectivity index (χ1n) is 5.36. The van der Waals surface area contributed by atoms with Crippen molar-refractivity contribution in [3.05, 3.63) is 0 Å². The number of piperidine rings is 1. The van der Waals surface area contributed by atoms with E-state index in [9.17, 15) is 4.79 Å². The van der Waals surface area contributed by atoms with Gasteiger partial charge in [-0.15, -0.1) is 12.4 Å². The first-order valence-corrected chi connectivity index (χ1v) is 5.36. The number of ether oxygens (including phenoxy) is 1. The molecule has 0 bridgehead atoms. The van der Waals surface area contributed by atoms with E-state index in [2.05, 4.69) is 5.43 Å². The van der Waals surface area contributed by atoms with E-state index in [0.29, 0.717) is 6.54 Å². The molecule has 1 atom stereocenters. The highest BCUT2D eigenvalue weighted by atomic mass is 35.5. The Kier molecular flexibility index (Phi) is 6.07. The van der Waals surface area contributed by atoms with Crippen LogP contribution in [0.15, 0.2) is 0 Å². The maximum absolute atomic E-state index is 11.7. The summed E-state index contributed by atoms with van der Waals surface area (Å²) in [5.74, 6) is 5.36. The summed E-state index contributed by atoms with van der Waals surface area (Å²) in [6.07, 6.45) is 1.73. The van der Waals surface area contributed by atoms with Gasteiger partial charge in [0, 0.05) is 19.1 Å². The summed E-state index contributed by atoms with van der Waals surface area (Å²) in [5, 5.41) is 0. The molecule has 0 spiro atoms. The van der Waals surface area contributed by atoms with Crippen molar-refractivity contribution in [2.45, 2.75) is 45.3 Å². The number of hydrogen-bond acceptors (Lipinski definition) is 4. The number of carbonyl (C=O) groups is 1.